The number of hydrazine groups is 1. The van der Waals surface area contributed by atoms with Gasteiger partial charge in [0, 0.05) is 19.2 Å². The van der Waals surface area contributed by atoms with Gasteiger partial charge in [0.2, 0.25) is 0 Å². The number of aromatic nitrogens is 4. The van der Waals surface area contributed by atoms with Crippen LogP contribution in [0.4, 0.5) is 0 Å². The molecule has 0 fully saturated rings. The van der Waals surface area contributed by atoms with E-state index in [-0.39, 0.29) is 6.04 Å². The van der Waals surface area contributed by atoms with Gasteiger partial charge in [-0.25, -0.2) is 9.67 Å². The second kappa shape index (κ2) is 6.78. The van der Waals surface area contributed by atoms with Crippen molar-refractivity contribution in [2.75, 3.05) is 0 Å². The molecule has 3 N–H and O–H groups in total. The monoisotopic (exact) mass is 294 g/mol. The van der Waals surface area contributed by atoms with E-state index in [1.54, 1.807) is 18.6 Å². The summed E-state index contributed by atoms with van der Waals surface area (Å²) in [5, 5.41) is 4.85. The fourth-order valence-corrected chi connectivity index (χ4v) is 2.08. The normalized spacial score (nSPS) is 12.8. The second-order valence-electron chi connectivity index (χ2n) is 5.08. The number of hydrogen-bond donors (Lipinski definition) is 2. The van der Waals surface area contributed by atoms with E-state index < -0.39 is 0 Å². The largest absolute Gasteiger partial charge is 0.271 e. The zero-order valence-corrected chi connectivity index (χ0v) is 12.4. The van der Waals surface area contributed by atoms with Crippen LogP contribution in [0, 0.1) is 5.92 Å². The summed E-state index contributed by atoms with van der Waals surface area (Å²) < 4.78 is 1.91. The molecule has 0 bridgehead atoms. The van der Waals surface area contributed by atoms with E-state index in [0.29, 0.717) is 17.4 Å². The van der Waals surface area contributed by atoms with Crippen molar-refractivity contribution in [1.29, 1.82) is 0 Å². The Kier molecular flexibility index (Phi) is 5.05. The lowest BCUT2D eigenvalue weighted by Gasteiger charge is -2.16. The number of hydrogen-bond acceptors (Lipinski definition) is 5. The van der Waals surface area contributed by atoms with Gasteiger partial charge in [-0.05, 0) is 18.1 Å². The lowest BCUT2D eigenvalue weighted by Crippen LogP contribution is -2.31. The summed E-state index contributed by atoms with van der Waals surface area (Å²) in [7, 11) is 0. The summed E-state index contributed by atoms with van der Waals surface area (Å²) in [5.74, 6) is 7.03. The van der Waals surface area contributed by atoms with Crippen LogP contribution in [0.5, 0.6) is 0 Å². The van der Waals surface area contributed by atoms with Gasteiger partial charge in [-0.1, -0.05) is 25.4 Å². The third kappa shape index (κ3) is 3.75. The molecule has 108 valence electrons. The predicted molar refractivity (Wildman–Crippen MR) is 77.9 cm³/mol. The Hall–Kier alpha value is -1.50. The molecule has 7 heteroatoms. The van der Waals surface area contributed by atoms with Crippen molar-refractivity contribution in [2.45, 2.75) is 32.9 Å². The van der Waals surface area contributed by atoms with Crippen LogP contribution in [-0.2, 0) is 13.0 Å². The van der Waals surface area contributed by atoms with Gasteiger partial charge in [0.15, 0.2) is 0 Å². The SMILES string of the molecule is CC(C)Cn1ncnc1CC(NN)c1ccc(Cl)cn1. The van der Waals surface area contributed by atoms with Gasteiger partial charge in [-0.3, -0.25) is 16.3 Å². The number of nitrogens with zero attached hydrogens (tertiary/aromatic N) is 4. The van der Waals surface area contributed by atoms with Crippen molar-refractivity contribution in [1.82, 2.24) is 25.2 Å². The third-order valence-corrected chi connectivity index (χ3v) is 3.15. The Morgan fingerprint density at radius 1 is 1.35 bits per heavy atom. The van der Waals surface area contributed by atoms with E-state index in [1.165, 1.54) is 0 Å². The van der Waals surface area contributed by atoms with Gasteiger partial charge in [-0.2, -0.15) is 5.10 Å². The van der Waals surface area contributed by atoms with Crippen LogP contribution in [0.2, 0.25) is 5.02 Å². The zero-order chi connectivity index (χ0) is 14.5. The van der Waals surface area contributed by atoms with E-state index in [2.05, 4.69) is 34.3 Å². The van der Waals surface area contributed by atoms with E-state index in [1.807, 2.05) is 10.7 Å². The van der Waals surface area contributed by atoms with Crippen molar-refractivity contribution >= 4 is 11.6 Å². The Bertz CT molecular complexity index is 536. The molecule has 0 aromatic carbocycles. The lowest BCUT2D eigenvalue weighted by molar-refractivity contribution is 0.444. The fraction of sp³-hybridized carbons (Fsp3) is 0.462. The maximum Gasteiger partial charge on any atom is 0.138 e. The number of halogens is 1. The standard InChI is InChI=1S/C13H19ClN6/c1-9(2)7-20-13(17-8-18-20)5-12(19-15)11-4-3-10(14)6-16-11/h3-4,6,8-9,12,19H,5,7,15H2,1-2H3. The van der Waals surface area contributed by atoms with Gasteiger partial charge in [0.25, 0.3) is 0 Å². The summed E-state index contributed by atoms with van der Waals surface area (Å²) in [4.78, 5) is 8.59. The molecule has 0 amide bonds. The molecule has 2 rings (SSSR count). The van der Waals surface area contributed by atoms with Gasteiger partial charge in [0.1, 0.15) is 12.2 Å². The van der Waals surface area contributed by atoms with Crippen LogP contribution in [0.15, 0.2) is 24.7 Å². The second-order valence-corrected chi connectivity index (χ2v) is 5.51. The Balaban J connectivity index is 2.14. The number of nitrogens with two attached hydrogens (primary N) is 1. The van der Waals surface area contributed by atoms with E-state index >= 15 is 0 Å². The highest BCUT2D eigenvalue weighted by atomic mass is 35.5. The van der Waals surface area contributed by atoms with Crippen LogP contribution in [0.3, 0.4) is 0 Å². The molecule has 0 radical (unpaired) electrons. The van der Waals surface area contributed by atoms with Crippen LogP contribution in [-0.4, -0.2) is 19.7 Å². The molecule has 1 atom stereocenters. The highest BCUT2D eigenvalue weighted by Crippen LogP contribution is 2.17. The van der Waals surface area contributed by atoms with Gasteiger partial charge >= 0.3 is 0 Å². The van der Waals surface area contributed by atoms with Crippen molar-refractivity contribution in [3.05, 3.63) is 41.2 Å². The summed E-state index contributed by atoms with van der Waals surface area (Å²) in [6, 6.07) is 3.53. The molecule has 0 aliphatic rings. The molecule has 6 nitrogen and oxygen atoms in total. The van der Waals surface area contributed by atoms with Crippen molar-refractivity contribution in [3.8, 4) is 0 Å². The van der Waals surface area contributed by atoms with E-state index in [9.17, 15) is 0 Å². The zero-order valence-electron chi connectivity index (χ0n) is 11.6. The molecule has 0 saturated heterocycles. The summed E-state index contributed by atoms with van der Waals surface area (Å²) >= 11 is 5.84. The first-order valence-corrected chi connectivity index (χ1v) is 6.92. The minimum Gasteiger partial charge on any atom is -0.271 e. The predicted octanol–water partition coefficient (Wildman–Crippen LogP) is 1.73. The molecule has 0 spiro atoms. The third-order valence-electron chi connectivity index (χ3n) is 2.93. The van der Waals surface area contributed by atoms with Crippen LogP contribution in [0.1, 0.15) is 31.4 Å². The van der Waals surface area contributed by atoms with Crippen LogP contribution in [0.25, 0.3) is 0 Å². The smallest absolute Gasteiger partial charge is 0.138 e. The topological polar surface area (TPSA) is 81.7 Å². The van der Waals surface area contributed by atoms with Crippen molar-refractivity contribution in [2.24, 2.45) is 11.8 Å². The molecule has 0 aliphatic heterocycles. The quantitative estimate of drug-likeness (QED) is 0.626. The number of pyridine rings is 1. The lowest BCUT2D eigenvalue weighted by atomic mass is 10.1. The Labute approximate surface area is 123 Å². The molecular formula is C13H19ClN6. The molecule has 0 saturated carbocycles. The minimum absolute atomic E-state index is 0.123. The fourth-order valence-electron chi connectivity index (χ4n) is 1.97. The summed E-state index contributed by atoms with van der Waals surface area (Å²) in [5.41, 5.74) is 3.60. The number of rotatable bonds is 6. The average Bonchev–Trinajstić information content (AvgIpc) is 2.83. The Morgan fingerprint density at radius 2 is 2.15 bits per heavy atom. The van der Waals surface area contributed by atoms with Crippen molar-refractivity contribution < 1.29 is 0 Å². The molecule has 2 heterocycles. The van der Waals surface area contributed by atoms with E-state index in [4.69, 9.17) is 17.4 Å². The Morgan fingerprint density at radius 3 is 2.75 bits per heavy atom. The van der Waals surface area contributed by atoms with Crippen molar-refractivity contribution in [3.63, 3.8) is 0 Å². The molecular weight excluding hydrogens is 276 g/mol. The van der Waals surface area contributed by atoms with Crippen LogP contribution < -0.4 is 11.3 Å². The first-order chi connectivity index (χ1) is 9.60. The maximum atomic E-state index is 5.84. The maximum absolute atomic E-state index is 5.84. The van der Waals surface area contributed by atoms with E-state index in [0.717, 1.165) is 18.1 Å². The first kappa shape index (κ1) is 14.9. The molecule has 0 aliphatic carbocycles. The minimum atomic E-state index is -0.123. The highest BCUT2D eigenvalue weighted by Gasteiger charge is 2.16. The van der Waals surface area contributed by atoms with Crippen LogP contribution >= 0.6 is 11.6 Å². The average molecular weight is 295 g/mol. The molecule has 2 aromatic rings. The first-order valence-electron chi connectivity index (χ1n) is 6.54. The van der Waals surface area contributed by atoms with Gasteiger partial charge in [0.05, 0.1) is 16.8 Å². The molecule has 2 aromatic heterocycles. The van der Waals surface area contributed by atoms with Gasteiger partial charge < -0.3 is 0 Å². The summed E-state index contributed by atoms with van der Waals surface area (Å²) in [6.07, 6.45) is 3.80. The molecule has 20 heavy (non-hydrogen) atoms. The highest BCUT2D eigenvalue weighted by molar-refractivity contribution is 6.30. The molecule has 1 unspecified atom stereocenters. The van der Waals surface area contributed by atoms with Gasteiger partial charge in [-0.15, -0.1) is 0 Å². The number of nitrogens with one attached hydrogen (secondary N) is 1. The summed E-state index contributed by atoms with van der Waals surface area (Å²) in [6.45, 7) is 5.12.